The summed E-state index contributed by atoms with van der Waals surface area (Å²) in [5.41, 5.74) is 2.10. The lowest BCUT2D eigenvalue weighted by molar-refractivity contribution is -0.138. The highest BCUT2D eigenvalue weighted by molar-refractivity contribution is 7.99. The highest BCUT2D eigenvalue weighted by atomic mass is 32.2. The molecule has 2 amide bonds. The van der Waals surface area contributed by atoms with E-state index in [9.17, 15) is 9.59 Å². The van der Waals surface area contributed by atoms with Gasteiger partial charge in [-0.05, 0) is 30.2 Å². The van der Waals surface area contributed by atoms with E-state index in [1.165, 1.54) is 5.56 Å². The average Bonchev–Trinajstić information content (AvgIpc) is 2.71. The maximum atomic E-state index is 12.8. The number of likely N-dealkylation sites (N-methyl/N-ethyl adjacent to an activating group) is 1. The molecular weight excluding hydrogens is 360 g/mol. The number of hydrogen-bond acceptors (Lipinski definition) is 4. The Balaban J connectivity index is 2.06. The van der Waals surface area contributed by atoms with E-state index in [0.29, 0.717) is 12.3 Å². The maximum Gasteiger partial charge on any atom is 0.242 e. The fourth-order valence-electron chi connectivity index (χ4n) is 2.67. The van der Waals surface area contributed by atoms with Crippen LogP contribution in [0.1, 0.15) is 18.1 Å². The van der Waals surface area contributed by atoms with Gasteiger partial charge in [0.2, 0.25) is 11.8 Å². The van der Waals surface area contributed by atoms with Crippen molar-refractivity contribution in [1.29, 1.82) is 0 Å². The molecule has 2 aromatic rings. The number of carbonyl (C=O) groups is 2. The van der Waals surface area contributed by atoms with Gasteiger partial charge in [0.25, 0.3) is 0 Å². The standard InChI is InChI=1S/C21H26N2O3S/c1-16(21(25)22-2)23(13-18-10-7-11-19(12-18)26-3)20(24)15-27-14-17-8-5-4-6-9-17/h4-12,16H,13-15H2,1-3H3,(H,22,25)/t16-/m1/s1. The molecule has 0 spiro atoms. The van der Waals surface area contributed by atoms with Crippen LogP contribution in [0.25, 0.3) is 0 Å². The number of ether oxygens (including phenoxy) is 1. The van der Waals surface area contributed by atoms with E-state index in [1.807, 2.05) is 54.6 Å². The first kappa shape index (κ1) is 20.8. The summed E-state index contributed by atoms with van der Waals surface area (Å²) in [5, 5.41) is 2.63. The summed E-state index contributed by atoms with van der Waals surface area (Å²) in [6.07, 6.45) is 0. The molecule has 5 nitrogen and oxygen atoms in total. The highest BCUT2D eigenvalue weighted by Gasteiger charge is 2.25. The van der Waals surface area contributed by atoms with Crippen molar-refractivity contribution in [2.24, 2.45) is 0 Å². The van der Waals surface area contributed by atoms with Crippen LogP contribution in [0.2, 0.25) is 0 Å². The van der Waals surface area contributed by atoms with Crippen molar-refractivity contribution in [2.75, 3.05) is 19.9 Å². The van der Waals surface area contributed by atoms with E-state index in [2.05, 4.69) is 5.32 Å². The van der Waals surface area contributed by atoms with Gasteiger partial charge in [-0.15, -0.1) is 11.8 Å². The van der Waals surface area contributed by atoms with Crippen LogP contribution < -0.4 is 10.1 Å². The smallest absolute Gasteiger partial charge is 0.242 e. The molecule has 0 saturated carbocycles. The van der Waals surface area contributed by atoms with E-state index in [0.717, 1.165) is 17.1 Å². The van der Waals surface area contributed by atoms with Gasteiger partial charge in [-0.1, -0.05) is 42.5 Å². The van der Waals surface area contributed by atoms with Gasteiger partial charge in [0.15, 0.2) is 0 Å². The van der Waals surface area contributed by atoms with Crippen LogP contribution in [0.15, 0.2) is 54.6 Å². The highest BCUT2D eigenvalue weighted by Crippen LogP contribution is 2.18. The second kappa shape index (κ2) is 10.6. The SMILES string of the molecule is CNC(=O)[C@@H](C)N(Cc1cccc(OC)c1)C(=O)CSCc1ccccc1. The monoisotopic (exact) mass is 386 g/mol. The van der Waals surface area contributed by atoms with Crippen molar-refractivity contribution >= 4 is 23.6 Å². The topological polar surface area (TPSA) is 58.6 Å². The average molecular weight is 387 g/mol. The normalized spacial score (nSPS) is 11.5. The zero-order chi connectivity index (χ0) is 19.6. The van der Waals surface area contributed by atoms with E-state index >= 15 is 0 Å². The van der Waals surface area contributed by atoms with E-state index < -0.39 is 6.04 Å². The van der Waals surface area contributed by atoms with Crippen molar-refractivity contribution in [3.05, 3.63) is 65.7 Å². The Labute approximate surface area is 165 Å². The fraction of sp³-hybridized carbons (Fsp3) is 0.333. The van der Waals surface area contributed by atoms with Gasteiger partial charge in [0.1, 0.15) is 11.8 Å². The second-order valence-electron chi connectivity index (χ2n) is 6.14. The molecule has 2 rings (SSSR count). The summed E-state index contributed by atoms with van der Waals surface area (Å²) in [6.45, 7) is 2.11. The number of nitrogens with one attached hydrogen (secondary N) is 1. The van der Waals surface area contributed by atoms with Crippen LogP contribution in [-0.2, 0) is 21.9 Å². The molecule has 0 fully saturated rings. The van der Waals surface area contributed by atoms with Gasteiger partial charge >= 0.3 is 0 Å². The Morgan fingerprint density at radius 1 is 1.11 bits per heavy atom. The van der Waals surface area contributed by atoms with Crippen LogP contribution in [0.3, 0.4) is 0 Å². The zero-order valence-corrected chi connectivity index (χ0v) is 16.8. The van der Waals surface area contributed by atoms with Gasteiger partial charge < -0.3 is 15.0 Å². The molecule has 0 bridgehead atoms. The summed E-state index contributed by atoms with van der Waals surface area (Å²) in [4.78, 5) is 26.6. The van der Waals surface area contributed by atoms with Crippen molar-refractivity contribution < 1.29 is 14.3 Å². The Bertz CT molecular complexity index is 752. The molecule has 0 saturated heterocycles. The molecule has 27 heavy (non-hydrogen) atoms. The van der Waals surface area contributed by atoms with Gasteiger partial charge in [0, 0.05) is 19.3 Å². The predicted octanol–water partition coefficient (Wildman–Crippen LogP) is 3.09. The van der Waals surface area contributed by atoms with E-state index in [1.54, 1.807) is 37.7 Å². The van der Waals surface area contributed by atoms with Crippen LogP contribution in [0.5, 0.6) is 5.75 Å². The minimum absolute atomic E-state index is 0.0603. The molecule has 0 radical (unpaired) electrons. The van der Waals surface area contributed by atoms with Gasteiger partial charge in [-0.25, -0.2) is 0 Å². The van der Waals surface area contributed by atoms with E-state index in [-0.39, 0.29) is 11.8 Å². The molecule has 144 valence electrons. The van der Waals surface area contributed by atoms with E-state index in [4.69, 9.17) is 4.74 Å². The third kappa shape index (κ3) is 6.32. The first-order valence-corrected chi connectivity index (χ1v) is 9.96. The largest absolute Gasteiger partial charge is 0.497 e. The molecule has 1 atom stereocenters. The summed E-state index contributed by atoms with van der Waals surface area (Å²) < 4.78 is 5.25. The first-order chi connectivity index (χ1) is 13.0. The molecule has 0 aliphatic rings. The fourth-order valence-corrected chi connectivity index (χ4v) is 3.54. The number of benzene rings is 2. The lowest BCUT2D eigenvalue weighted by Gasteiger charge is -2.28. The molecule has 0 aromatic heterocycles. The summed E-state index contributed by atoms with van der Waals surface area (Å²) in [5.74, 6) is 1.56. The molecule has 1 N–H and O–H groups in total. The maximum absolute atomic E-state index is 12.8. The van der Waals surface area contributed by atoms with Crippen LogP contribution in [0, 0.1) is 0 Å². The number of methoxy groups -OCH3 is 1. The second-order valence-corrected chi connectivity index (χ2v) is 7.13. The molecule has 6 heteroatoms. The van der Waals surface area contributed by atoms with Crippen molar-refractivity contribution in [1.82, 2.24) is 10.2 Å². The van der Waals surface area contributed by atoms with Crippen LogP contribution >= 0.6 is 11.8 Å². The summed E-state index contributed by atoms with van der Waals surface area (Å²) >= 11 is 1.55. The Morgan fingerprint density at radius 3 is 2.48 bits per heavy atom. The molecule has 0 unspecified atom stereocenters. The van der Waals surface area contributed by atoms with Crippen molar-refractivity contribution in [3.8, 4) is 5.75 Å². The first-order valence-electron chi connectivity index (χ1n) is 8.80. The lowest BCUT2D eigenvalue weighted by Crippen LogP contribution is -2.47. The number of rotatable bonds is 9. The van der Waals surface area contributed by atoms with Gasteiger partial charge in [-0.2, -0.15) is 0 Å². The number of amides is 2. The third-order valence-electron chi connectivity index (χ3n) is 4.24. The Hall–Kier alpha value is -2.47. The molecule has 0 aliphatic heterocycles. The number of thioether (sulfide) groups is 1. The van der Waals surface area contributed by atoms with Crippen LogP contribution in [-0.4, -0.2) is 42.7 Å². The third-order valence-corrected chi connectivity index (χ3v) is 5.23. The Kier molecular flexibility index (Phi) is 8.20. The molecule has 0 heterocycles. The van der Waals surface area contributed by atoms with Gasteiger partial charge in [-0.3, -0.25) is 9.59 Å². The number of hydrogen-bond donors (Lipinski definition) is 1. The van der Waals surface area contributed by atoms with Crippen molar-refractivity contribution in [2.45, 2.75) is 25.3 Å². The molecular formula is C21H26N2O3S. The van der Waals surface area contributed by atoms with Crippen molar-refractivity contribution in [3.63, 3.8) is 0 Å². The number of nitrogens with zero attached hydrogens (tertiary/aromatic N) is 1. The lowest BCUT2D eigenvalue weighted by atomic mass is 10.1. The minimum atomic E-state index is -0.550. The van der Waals surface area contributed by atoms with Crippen LogP contribution in [0.4, 0.5) is 0 Å². The minimum Gasteiger partial charge on any atom is -0.497 e. The quantitative estimate of drug-likeness (QED) is 0.719. The zero-order valence-electron chi connectivity index (χ0n) is 16.0. The molecule has 0 aliphatic carbocycles. The predicted molar refractivity (Wildman–Crippen MR) is 110 cm³/mol. The number of carbonyl (C=O) groups excluding carboxylic acids is 2. The Morgan fingerprint density at radius 2 is 1.81 bits per heavy atom. The summed E-state index contributed by atoms with van der Waals surface area (Å²) in [7, 11) is 3.19. The summed E-state index contributed by atoms with van der Waals surface area (Å²) in [6, 6.07) is 17.0. The molecule has 2 aromatic carbocycles. The van der Waals surface area contributed by atoms with Gasteiger partial charge in [0.05, 0.1) is 12.9 Å².